The Balaban J connectivity index is 2.11. The summed E-state index contributed by atoms with van der Waals surface area (Å²) in [4.78, 5) is 28.8. The largest absolute Gasteiger partial charge is 0.495 e. The molecule has 3 rings (SSSR count). The molecule has 2 amide bonds. The number of methoxy groups -OCH3 is 1. The summed E-state index contributed by atoms with van der Waals surface area (Å²) in [5.41, 5.74) is 0.624. The Morgan fingerprint density at radius 2 is 1.62 bits per heavy atom. The molecule has 42 heavy (non-hydrogen) atoms. The molecule has 0 fully saturated rings. The fourth-order valence-corrected chi connectivity index (χ4v) is 6.42. The third-order valence-electron chi connectivity index (χ3n) is 6.59. The predicted molar refractivity (Wildman–Crippen MR) is 168 cm³/mol. The molecule has 1 N–H and O–H groups in total. The van der Waals surface area contributed by atoms with Crippen LogP contribution in [0.15, 0.2) is 71.6 Å². The van der Waals surface area contributed by atoms with E-state index in [9.17, 15) is 18.0 Å². The van der Waals surface area contributed by atoms with E-state index in [-0.39, 0.29) is 40.2 Å². The SMILES string of the molecule is CCCCNC(=O)[C@@H](CC)N(Cc1ccc(Cl)cc1Cl)C(=O)CN(c1cc(Cl)ccc1OC)S(=O)(=O)c1ccccc1. The third kappa shape index (κ3) is 8.31. The summed E-state index contributed by atoms with van der Waals surface area (Å²) in [5, 5.41) is 3.87. The van der Waals surface area contributed by atoms with Crippen molar-refractivity contribution in [3.63, 3.8) is 0 Å². The Morgan fingerprint density at radius 3 is 2.24 bits per heavy atom. The maximum Gasteiger partial charge on any atom is 0.264 e. The van der Waals surface area contributed by atoms with Crippen molar-refractivity contribution >= 4 is 62.3 Å². The van der Waals surface area contributed by atoms with Gasteiger partial charge in [-0.15, -0.1) is 0 Å². The number of benzene rings is 3. The lowest BCUT2D eigenvalue weighted by atomic mass is 10.1. The molecule has 12 heteroatoms. The first kappa shape index (κ1) is 33.5. The van der Waals surface area contributed by atoms with Gasteiger partial charge in [-0.1, -0.05) is 79.3 Å². The third-order valence-corrected chi connectivity index (χ3v) is 9.19. The lowest BCUT2D eigenvalue weighted by Crippen LogP contribution is -2.52. The fraction of sp³-hybridized carbons (Fsp3) is 0.333. The summed E-state index contributed by atoms with van der Waals surface area (Å²) in [5.74, 6) is -0.773. The molecule has 0 radical (unpaired) electrons. The predicted octanol–water partition coefficient (Wildman–Crippen LogP) is 6.57. The van der Waals surface area contributed by atoms with Gasteiger partial charge in [0.2, 0.25) is 11.8 Å². The van der Waals surface area contributed by atoms with Crippen molar-refractivity contribution in [3.05, 3.63) is 87.4 Å². The Hall–Kier alpha value is -2.98. The van der Waals surface area contributed by atoms with Gasteiger partial charge in [0.05, 0.1) is 17.7 Å². The number of unbranched alkanes of at least 4 members (excludes halogenated alkanes) is 1. The number of sulfonamides is 1. The maximum absolute atomic E-state index is 14.2. The highest BCUT2D eigenvalue weighted by molar-refractivity contribution is 7.92. The Kier molecular flexibility index (Phi) is 12.4. The second-order valence-electron chi connectivity index (χ2n) is 9.47. The van der Waals surface area contributed by atoms with Crippen LogP contribution in [0.25, 0.3) is 0 Å². The molecule has 1 atom stereocenters. The summed E-state index contributed by atoms with van der Waals surface area (Å²) in [6.07, 6.45) is 1.94. The van der Waals surface area contributed by atoms with Crippen LogP contribution in [0.5, 0.6) is 5.75 Å². The van der Waals surface area contributed by atoms with Crippen LogP contribution in [0.4, 0.5) is 5.69 Å². The molecule has 226 valence electrons. The molecule has 3 aromatic rings. The van der Waals surface area contributed by atoms with Crippen LogP contribution >= 0.6 is 34.8 Å². The van der Waals surface area contributed by atoms with E-state index in [2.05, 4.69) is 5.32 Å². The number of carbonyl (C=O) groups is 2. The van der Waals surface area contributed by atoms with Gasteiger partial charge in [-0.3, -0.25) is 13.9 Å². The van der Waals surface area contributed by atoms with Crippen molar-refractivity contribution in [1.29, 1.82) is 0 Å². The van der Waals surface area contributed by atoms with Crippen LogP contribution < -0.4 is 14.4 Å². The molecule has 0 aliphatic heterocycles. The van der Waals surface area contributed by atoms with Gasteiger partial charge in [-0.25, -0.2) is 8.42 Å². The van der Waals surface area contributed by atoms with E-state index < -0.39 is 28.5 Å². The summed E-state index contributed by atoms with van der Waals surface area (Å²) < 4.78 is 34.4. The van der Waals surface area contributed by atoms with Crippen molar-refractivity contribution in [2.45, 2.75) is 50.6 Å². The first-order chi connectivity index (χ1) is 20.0. The molecule has 0 saturated carbocycles. The van der Waals surface area contributed by atoms with Gasteiger partial charge in [0.15, 0.2) is 0 Å². The zero-order valence-electron chi connectivity index (χ0n) is 23.6. The van der Waals surface area contributed by atoms with E-state index in [1.165, 1.54) is 36.3 Å². The van der Waals surface area contributed by atoms with Gasteiger partial charge in [0.25, 0.3) is 10.0 Å². The highest BCUT2D eigenvalue weighted by Crippen LogP contribution is 2.35. The van der Waals surface area contributed by atoms with E-state index in [1.54, 1.807) is 49.4 Å². The van der Waals surface area contributed by atoms with Gasteiger partial charge < -0.3 is 15.0 Å². The molecule has 0 aliphatic rings. The second kappa shape index (κ2) is 15.5. The minimum atomic E-state index is -4.29. The number of anilines is 1. The number of nitrogens with one attached hydrogen (secondary N) is 1. The molecule has 0 heterocycles. The number of hydrogen-bond acceptors (Lipinski definition) is 5. The highest BCUT2D eigenvalue weighted by Gasteiger charge is 2.35. The van der Waals surface area contributed by atoms with Crippen LogP contribution in [0, 0.1) is 0 Å². The van der Waals surface area contributed by atoms with Crippen molar-refractivity contribution < 1.29 is 22.7 Å². The van der Waals surface area contributed by atoms with Crippen LogP contribution in [0.3, 0.4) is 0 Å². The van der Waals surface area contributed by atoms with Crippen molar-refractivity contribution in [2.75, 3.05) is 24.5 Å². The number of rotatable bonds is 14. The number of carbonyl (C=O) groups excluding carboxylic acids is 2. The molecule has 0 aliphatic carbocycles. The van der Waals surface area contributed by atoms with Crippen molar-refractivity contribution in [3.8, 4) is 5.75 Å². The van der Waals surface area contributed by atoms with E-state index in [4.69, 9.17) is 39.5 Å². The minimum Gasteiger partial charge on any atom is -0.495 e. The second-order valence-corrected chi connectivity index (χ2v) is 12.6. The normalized spacial score (nSPS) is 12.0. The van der Waals surface area contributed by atoms with Gasteiger partial charge in [-0.05, 0) is 60.9 Å². The van der Waals surface area contributed by atoms with Crippen molar-refractivity contribution in [1.82, 2.24) is 10.2 Å². The number of hydrogen-bond donors (Lipinski definition) is 1. The first-order valence-corrected chi connectivity index (χ1v) is 16.0. The zero-order chi connectivity index (χ0) is 30.9. The molecular weight excluding hydrogens is 621 g/mol. The maximum atomic E-state index is 14.2. The lowest BCUT2D eigenvalue weighted by Gasteiger charge is -2.33. The summed E-state index contributed by atoms with van der Waals surface area (Å²) in [7, 11) is -2.89. The molecular formula is C30H34Cl3N3O5S. The van der Waals surface area contributed by atoms with E-state index >= 15 is 0 Å². The standard InChI is InChI=1S/C30H34Cl3N3O5S/c1-4-6-16-34-30(38)26(5-2)35(19-21-12-13-22(31)17-25(21)33)29(37)20-36(27-18-23(32)14-15-28(27)41-3)42(39,40)24-10-8-7-9-11-24/h7-15,17-18,26H,4-6,16,19-20H2,1-3H3,(H,34,38)/t26-/m1/s1. The van der Waals surface area contributed by atoms with Crippen LogP contribution in [0.2, 0.25) is 15.1 Å². The topological polar surface area (TPSA) is 96.0 Å². The van der Waals surface area contributed by atoms with E-state index in [0.29, 0.717) is 22.2 Å². The number of amides is 2. The average molecular weight is 655 g/mol. The molecule has 0 bridgehead atoms. The summed E-state index contributed by atoms with van der Waals surface area (Å²) in [6, 6.07) is 16.2. The van der Waals surface area contributed by atoms with Crippen LogP contribution in [-0.4, -0.2) is 51.4 Å². The molecule has 0 aromatic heterocycles. The van der Waals surface area contributed by atoms with Crippen molar-refractivity contribution in [2.24, 2.45) is 0 Å². The van der Waals surface area contributed by atoms with Crippen LogP contribution in [0.1, 0.15) is 38.7 Å². The Morgan fingerprint density at radius 1 is 0.952 bits per heavy atom. The van der Waals surface area contributed by atoms with E-state index in [1.807, 2.05) is 6.92 Å². The smallest absolute Gasteiger partial charge is 0.264 e. The van der Waals surface area contributed by atoms with Gasteiger partial charge >= 0.3 is 0 Å². The van der Waals surface area contributed by atoms with Gasteiger partial charge in [0.1, 0.15) is 18.3 Å². The number of ether oxygens (including phenoxy) is 1. The highest BCUT2D eigenvalue weighted by atomic mass is 35.5. The fourth-order valence-electron chi connectivity index (χ4n) is 4.35. The molecule has 3 aromatic carbocycles. The quantitative estimate of drug-likeness (QED) is 0.198. The van der Waals surface area contributed by atoms with Gasteiger partial charge in [-0.2, -0.15) is 0 Å². The number of halogens is 3. The lowest BCUT2D eigenvalue weighted by molar-refractivity contribution is -0.140. The molecule has 0 unspecified atom stereocenters. The van der Waals surface area contributed by atoms with Gasteiger partial charge in [0, 0.05) is 28.2 Å². The Labute approximate surface area is 262 Å². The molecule has 0 spiro atoms. The minimum absolute atomic E-state index is 0.0310. The summed E-state index contributed by atoms with van der Waals surface area (Å²) in [6.45, 7) is 3.54. The zero-order valence-corrected chi connectivity index (χ0v) is 26.7. The first-order valence-electron chi connectivity index (χ1n) is 13.5. The average Bonchev–Trinajstić information content (AvgIpc) is 2.97. The summed E-state index contributed by atoms with van der Waals surface area (Å²) >= 11 is 18.8. The Bertz CT molecular complexity index is 1490. The molecule has 0 saturated heterocycles. The monoisotopic (exact) mass is 653 g/mol. The molecule has 8 nitrogen and oxygen atoms in total. The number of nitrogens with zero attached hydrogens (tertiary/aromatic N) is 2. The van der Waals surface area contributed by atoms with E-state index in [0.717, 1.165) is 17.1 Å². The van der Waals surface area contributed by atoms with Crippen LogP contribution in [-0.2, 0) is 26.2 Å².